The number of benzene rings is 1. The number of rotatable bonds is 2. The second kappa shape index (κ2) is 3.28. The Bertz CT molecular complexity index is 458. The van der Waals surface area contributed by atoms with Crippen LogP contribution in [0.4, 0.5) is 5.69 Å². The molecule has 4 nitrogen and oxygen atoms in total. The lowest BCUT2D eigenvalue weighted by Crippen LogP contribution is -2.05. The SMILES string of the molecule is Cc1c(C2CCC3OC32)cccc1[N+](=O)[O-]. The lowest BCUT2D eigenvalue weighted by molar-refractivity contribution is -0.385. The van der Waals surface area contributed by atoms with Crippen LogP contribution >= 0.6 is 0 Å². The van der Waals surface area contributed by atoms with E-state index in [9.17, 15) is 10.1 Å². The Morgan fingerprint density at radius 2 is 2.25 bits per heavy atom. The number of ether oxygens (including phenoxy) is 1. The summed E-state index contributed by atoms with van der Waals surface area (Å²) < 4.78 is 5.51. The van der Waals surface area contributed by atoms with E-state index in [1.165, 1.54) is 0 Å². The van der Waals surface area contributed by atoms with Gasteiger partial charge in [-0.3, -0.25) is 10.1 Å². The van der Waals surface area contributed by atoms with E-state index in [-0.39, 0.29) is 10.6 Å². The van der Waals surface area contributed by atoms with Gasteiger partial charge in [0.25, 0.3) is 5.69 Å². The molecule has 3 unspecified atom stereocenters. The predicted octanol–water partition coefficient (Wildman–Crippen LogP) is 2.55. The highest BCUT2D eigenvalue weighted by Crippen LogP contribution is 2.49. The Labute approximate surface area is 93.4 Å². The van der Waals surface area contributed by atoms with Crippen LogP contribution in [-0.4, -0.2) is 17.1 Å². The van der Waals surface area contributed by atoms with Crippen molar-refractivity contribution in [1.29, 1.82) is 0 Å². The van der Waals surface area contributed by atoms with Gasteiger partial charge in [-0.25, -0.2) is 0 Å². The van der Waals surface area contributed by atoms with Gasteiger partial charge >= 0.3 is 0 Å². The standard InChI is InChI=1S/C12H13NO3/c1-7-8(3-2-4-10(7)13(14)15)9-5-6-11-12(9)16-11/h2-4,9,11-12H,5-6H2,1H3. The normalized spacial score (nSPS) is 31.2. The first kappa shape index (κ1) is 9.78. The molecule has 1 saturated heterocycles. The highest BCUT2D eigenvalue weighted by Gasteiger charge is 2.51. The second-order valence-electron chi connectivity index (χ2n) is 4.57. The molecule has 16 heavy (non-hydrogen) atoms. The molecule has 0 aromatic heterocycles. The monoisotopic (exact) mass is 219 g/mol. The molecule has 0 bridgehead atoms. The summed E-state index contributed by atoms with van der Waals surface area (Å²) in [6, 6.07) is 5.34. The quantitative estimate of drug-likeness (QED) is 0.436. The molecule has 2 fully saturated rings. The van der Waals surface area contributed by atoms with Crippen molar-refractivity contribution < 1.29 is 9.66 Å². The maximum Gasteiger partial charge on any atom is 0.272 e. The molecular weight excluding hydrogens is 206 g/mol. The summed E-state index contributed by atoms with van der Waals surface area (Å²) in [6.07, 6.45) is 2.93. The van der Waals surface area contributed by atoms with E-state index in [1.54, 1.807) is 12.1 Å². The summed E-state index contributed by atoms with van der Waals surface area (Å²) in [5, 5.41) is 10.9. The number of nitro benzene ring substituents is 1. The molecule has 0 amide bonds. The van der Waals surface area contributed by atoms with E-state index < -0.39 is 0 Å². The van der Waals surface area contributed by atoms with Crippen molar-refractivity contribution in [2.24, 2.45) is 0 Å². The number of nitrogens with zero attached hydrogens (tertiary/aromatic N) is 1. The van der Waals surface area contributed by atoms with Crippen molar-refractivity contribution >= 4 is 5.69 Å². The van der Waals surface area contributed by atoms with E-state index in [1.807, 2.05) is 13.0 Å². The summed E-state index contributed by atoms with van der Waals surface area (Å²) in [6.45, 7) is 1.84. The molecule has 4 heteroatoms. The molecule has 1 aromatic rings. The third-order valence-corrected chi connectivity index (χ3v) is 3.72. The van der Waals surface area contributed by atoms with Crippen LogP contribution in [0.3, 0.4) is 0 Å². The molecule has 1 saturated carbocycles. The van der Waals surface area contributed by atoms with Crippen molar-refractivity contribution in [3.63, 3.8) is 0 Å². The highest BCUT2D eigenvalue weighted by atomic mass is 16.6. The minimum atomic E-state index is -0.307. The van der Waals surface area contributed by atoms with Crippen molar-refractivity contribution in [3.8, 4) is 0 Å². The number of hydrogen-bond donors (Lipinski definition) is 0. The third-order valence-electron chi connectivity index (χ3n) is 3.72. The van der Waals surface area contributed by atoms with E-state index >= 15 is 0 Å². The minimum Gasteiger partial charge on any atom is -0.369 e. The molecule has 2 aliphatic rings. The lowest BCUT2D eigenvalue weighted by atomic mass is 9.92. The first-order valence-electron chi connectivity index (χ1n) is 5.58. The number of hydrogen-bond acceptors (Lipinski definition) is 3. The fourth-order valence-electron chi connectivity index (χ4n) is 2.82. The van der Waals surface area contributed by atoms with Crippen LogP contribution in [-0.2, 0) is 4.74 Å². The zero-order valence-electron chi connectivity index (χ0n) is 9.05. The summed E-state index contributed by atoms with van der Waals surface area (Å²) in [5.41, 5.74) is 2.12. The lowest BCUT2D eigenvalue weighted by Gasteiger charge is -2.13. The van der Waals surface area contributed by atoms with Crippen LogP contribution < -0.4 is 0 Å². The molecule has 3 rings (SSSR count). The van der Waals surface area contributed by atoms with Gasteiger partial charge in [0, 0.05) is 17.5 Å². The van der Waals surface area contributed by atoms with Gasteiger partial charge in [-0.15, -0.1) is 0 Å². The van der Waals surface area contributed by atoms with E-state index in [4.69, 9.17) is 4.74 Å². The molecule has 0 spiro atoms. The number of nitro groups is 1. The molecule has 84 valence electrons. The van der Waals surface area contributed by atoms with Crippen molar-refractivity contribution in [2.45, 2.75) is 37.9 Å². The van der Waals surface area contributed by atoms with Crippen LogP contribution in [0.1, 0.15) is 29.9 Å². The topological polar surface area (TPSA) is 55.7 Å². The van der Waals surface area contributed by atoms with Crippen LogP contribution in [0.15, 0.2) is 18.2 Å². The van der Waals surface area contributed by atoms with Gasteiger partial charge in [0.2, 0.25) is 0 Å². The Hall–Kier alpha value is -1.42. The molecule has 1 aliphatic heterocycles. The van der Waals surface area contributed by atoms with Crippen molar-refractivity contribution in [1.82, 2.24) is 0 Å². The second-order valence-corrected chi connectivity index (χ2v) is 4.57. The first-order valence-corrected chi connectivity index (χ1v) is 5.58. The highest BCUT2D eigenvalue weighted by molar-refractivity contribution is 5.47. The van der Waals surface area contributed by atoms with Gasteiger partial charge in [0.05, 0.1) is 17.1 Å². The summed E-state index contributed by atoms with van der Waals surface area (Å²) >= 11 is 0. The Balaban J connectivity index is 2.00. The van der Waals surface area contributed by atoms with Gasteiger partial charge in [0.1, 0.15) is 0 Å². The molecule has 3 atom stereocenters. The van der Waals surface area contributed by atoms with Crippen LogP contribution in [0, 0.1) is 17.0 Å². The van der Waals surface area contributed by atoms with Gasteiger partial charge in [-0.2, -0.15) is 0 Å². The smallest absolute Gasteiger partial charge is 0.272 e. The molecule has 0 radical (unpaired) electrons. The minimum absolute atomic E-state index is 0.224. The molecule has 0 N–H and O–H groups in total. The zero-order chi connectivity index (χ0) is 11.3. The summed E-state index contributed by atoms with van der Waals surface area (Å²) in [7, 11) is 0. The van der Waals surface area contributed by atoms with Crippen molar-refractivity contribution in [3.05, 3.63) is 39.4 Å². The molecule has 1 aromatic carbocycles. The molecular formula is C12H13NO3. The van der Waals surface area contributed by atoms with Crippen LogP contribution in [0.5, 0.6) is 0 Å². The average molecular weight is 219 g/mol. The van der Waals surface area contributed by atoms with Gasteiger partial charge in [0.15, 0.2) is 0 Å². The average Bonchev–Trinajstić information content (AvgIpc) is 2.92. The van der Waals surface area contributed by atoms with Gasteiger partial charge in [-0.1, -0.05) is 12.1 Å². The van der Waals surface area contributed by atoms with Gasteiger partial charge < -0.3 is 4.74 Å². The number of epoxide rings is 1. The Kier molecular flexibility index (Phi) is 2.01. The first-order chi connectivity index (χ1) is 7.68. The van der Waals surface area contributed by atoms with E-state index in [0.717, 1.165) is 24.0 Å². The Morgan fingerprint density at radius 3 is 2.81 bits per heavy atom. The molecule has 1 aliphatic carbocycles. The maximum absolute atomic E-state index is 10.9. The fourth-order valence-corrected chi connectivity index (χ4v) is 2.82. The van der Waals surface area contributed by atoms with Crippen LogP contribution in [0.2, 0.25) is 0 Å². The summed E-state index contributed by atoms with van der Waals surface area (Å²) in [4.78, 5) is 10.5. The zero-order valence-corrected chi connectivity index (χ0v) is 9.05. The largest absolute Gasteiger partial charge is 0.369 e. The summed E-state index contributed by atoms with van der Waals surface area (Å²) in [5.74, 6) is 0.366. The van der Waals surface area contributed by atoms with E-state index in [2.05, 4.69) is 0 Å². The Morgan fingerprint density at radius 1 is 1.44 bits per heavy atom. The van der Waals surface area contributed by atoms with E-state index in [0.29, 0.717) is 18.1 Å². The third kappa shape index (κ3) is 1.33. The van der Waals surface area contributed by atoms with Crippen molar-refractivity contribution in [2.75, 3.05) is 0 Å². The van der Waals surface area contributed by atoms with Gasteiger partial charge in [-0.05, 0) is 25.3 Å². The predicted molar refractivity (Wildman–Crippen MR) is 58.5 cm³/mol. The van der Waals surface area contributed by atoms with Crippen LogP contribution in [0.25, 0.3) is 0 Å². The maximum atomic E-state index is 10.9. The molecule has 1 heterocycles. The fraction of sp³-hybridized carbons (Fsp3) is 0.500. The number of fused-ring (bicyclic) bond motifs is 1.